The fraction of sp³-hybridized carbons (Fsp3) is 0.400. The largest absolute Gasteiger partial charge is 0.359 e. The first-order valence-electron chi connectivity index (χ1n) is 6.68. The van der Waals surface area contributed by atoms with Crippen molar-refractivity contribution in [3.05, 3.63) is 46.3 Å². The van der Waals surface area contributed by atoms with Gasteiger partial charge in [0.05, 0.1) is 0 Å². The van der Waals surface area contributed by atoms with Crippen LogP contribution in [0.2, 0.25) is 0 Å². The van der Waals surface area contributed by atoms with Gasteiger partial charge in [-0.3, -0.25) is 0 Å². The third-order valence-electron chi connectivity index (χ3n) is 3.05. The van der Waals surface area contributed by atoms with Gasteiger partial charge in [0.15, 0.2) is 0 Å². The van der Waals surface area contributed by atoms with Gasteiger partial charge in [-0.2, -0.15) is 0 Å². The molecule has 0 aliphatic carbocycles. The van der Waals surface area contributed by atoms with E-state index in [0.717, 1.165) is 31.9 Å². The van der Waals surface area contributed by atoms with Gasteiger partial charge < -0.3 is 10.2 Å². The fourth-order valence-corrected chi connectivity index (χ4v) is 2.59. The lowest BCUT2D eigenvalue weighted by atomic mass is 10.2. The Hall–Kier alpha value is -1.39. The highest BCUT2D eigenvalue weighted by atomic mass is 32.1. The van der Waals surface area contributed by atoms with Crippen LogP contribution in [0.5, 0.6) is 0 Å². The van der Waals surface area contributed by atoms with Gasteiger partial charge in [-0.05, 0) is 42.1 Å². The quantitative estimate of drug-likeness (QED) is 0.842. The summed E-state index contributed by atoms with van der Waals surface area (Å²) in [6, 6.07) is 8.53. The molecule has 0 atom stereocenters. The zero-order valence-electron chi connectivity index (χ0n) is 11.6. The van der Waals surface area contributed by atoms with Crippen molar-refractivity contribution in [2.24, 2.45) is 0 Å². The van der Waals surface area contributed by atoms with Crippen molar-refractivity contribution in [1.29, 1.82) is 0 Å². The van der Waals surface area contributed by atoms with Crippen molar-refractivity contribution < 1.29 is 0 Å². The zero-order chi connectivity index (χ0) is 13.5. The van der Waals surface area contributed by atoms with Gasteiger partial charge in [-0.1, -0.05) is 13.0 Å². The van der Waals surface area contributed by atoms with E-state index in [2.05, 4.69) is 58.8 Å². The minimum Gasteiger partial charge on any atom is -0.359 e. The van der Waals surface area contributed by atoms with Crippen LogP contribution >= 0.6 is 11.3 Å². The van der Waals surface area contributed by atoms with E-state index >= 15 is 0 Å². The predicted octanol–water partition coefficient (Wildman–Crippen LogP) is 2.93. The number of anilines is 1. The van der Waals surface area contributed by atoms with Crippen LogP contribution in [-0.4, -0.2) is 25.1 Å². The zero-order valence-corrected chi connectivity index (χ0v) is 12.4. The maximum atomic E-state index is 4.45. The highest BCUT2D eigenvalue weighted by molar-refractivity contribution is 7.09. The van der Waals surface area contributed by atoms with Gasteiger partial charge in [-0.25, -0.2) is 4.98 Å². The monoisotopic (exact) mass is 275 g/mol. The molecule has 2 rings (SSSR count). The molecule has 1 N–H and O–H groups in total. The summed E-state index contributed by atoms with van der Waals surface area (Å²) in [5, 5.41) is 5.47. The first-order valence-corrected chi connectivity index (χ1v) is 7.56. The van der Waals surface area contributed by atoms with Gasteiger partial charge in [-0.15, -0.1) is 11.3 Å². The van der Waals surface area contributed by atoms with Gasteiger partial charge >= 0.3 is 0 Å². The summed E-state index contributed by atoms with van der Waals surface area (Å²) < 4.78 is 0. The maximum absolute atomic E-state index is 4.45. The molecule has 0 aliphatic rings. The lowest BCUT2D eigenvalue weighted by molar-refractivity contribution is 0.725. The first-order chi connectivity index (χ1) is 9.29. The third kappa shape index (κ3) is 4.33. The van der Waals surface area contributed by atoms with E-state index in [1.807, 2.05) is 17.5 Å². The molecule has 0 unspecified atom stereocenters. The van der Waals surface area contributed by atoms with Gasteiger partial charge in [0, 0.05) is 31.2 Å². The second kappa shape index (κ2) is 7.26. The highest BCUT2D eigenvalue weighted by Crippen LogP contribution is 2.14. The van der Waals surface area contributed by atoms with Crippen LogP contribution in [-0.2, 0) is 13.0 Å². The number of hydrogen-bond acceptors (Lipinski definition) is 4. The van der Waals surface area contributed by atoms with Crippen LogP contribution in [0.25, 0.3) is 0 Å². The van der Waals surface area contributed by atoms with Crippen LogP contribution in [0.4, 0.5) is 5.82 Å². The summed E-state index contributed by atoms with van der Waals surface area (Å²) in [6.07, 6.45) is 2.97. The second-order valence-electron chi connectivity index (χ2n) is 4.55. The second-order valence-corrected chi connectivity index (χ2v) is 5.59. The van der Waals surface area contributed by atoms with Gasteiger partial charge in [0.25, 0.3) is 0 Å². The number of nitrogens with zero attached hydrogens (tertiary/aromatic N) is 2. The van der Waals surface area contributed by atoms with Crippen molar-refractivity contribution in [2.75, 3.05) is 25.0 Å². The van der Waals surface area contributed by atoms with E-state index in [1.54, 1.807) is 0 Å². The minimum absolute atomic E-state index is 0.908. The molecule has 0 saturated carbocycles. The van der Waals surface area contributed by atoms with E-state index in [1.165, 1.54) is 10.4 Å². The Bertz CT molecular complexity index is 482. The van der Waals surface area contributed by atoms with Crippen LogP contribution in [0.1, 0.15) is 17.4 Å². The average molecular weight is 275 g/mol. The lowest BCUT2D eigenvalue weighted by Crippen LogP contribution is -2.21. The molecule has 0 spiro atoms. The van der Waals surface area contributed by atoms with Crippen LogP contribution in [0.3, 0.4) is 0 Å². The molecule has 0 saturated heterocycles. The summed E-state index contributed by atoms with van der Waals surface area (Å²) in [6.45, 7) is 5.02. The average Bonchev–Trinajstić information content (AvgIpc) is 2.96. The number of aromatic nitrogens is 1. The molecule has 102 valence electrons. The number of likely N-dealkylation sites (N-methyl/N-ethyl adjacent to an activating group) is 1. The standard InChI is InChI=1S/C15H21N3S/c1-3-16-12-13-6-8-17-15(11-13)18(2)9-7-14-5-4-10-19-14/h4-6,8,10-11,16H,3,7,9,12H2,1-2H3. The summed E-state index contributed by atoms with van der Waals surface area (Å²) in [5.41, 5.74) is 1.29. The summed E-state index contributed by atoms with van der Waals surface area (Å²) in [7, 11) is 2.10. The molecule has 4 heteroatoms. The summed E-state index contributed by atoms with van der Waals surface area (Å²) in [4.78, 5) is 8.09. The van der Waals surface area contributed by atoms with E-state index in [9.17, 15) is 0 Å². The molecular weight excluding hydrogens is 254 g/mol. The molecule has 19 heavy (non-hydrogen) atoms. The molecule has 0 fully saturated rings. The number of hydrogen-bond donors (Lipinski definition) is 1. The molecule has 0 aliphatic heterocycles. The van der Waals surface area contributed by atoms with Crippen molar-refractivity contribution >= 4 is 17.2 Å². The minimum atomic E-state index is 0.908. The summed E-state index contributed by atoms with van der Waals surface area (Å²) in [5.74, 6) is 1.05. The summed E-state index contributed by atoms with van der Waals surface area (Å²) >= 11 is 1.82. The smallest absolute Gasteiger partial charge is 0.128 e. The van der Waals surface area contributed by atoms with E-state index in [0.29, 0.717) is 0 Å². The number of thiophene rings is 1. The fourth-order valence-electron chi connectivity index (χ4n) is 1.90. The molecule has 0 aromatic carbocycles. The third-order valence-corrected chi connectivity index (χ3v) is 3.99. The lowest BCUT2D eigenvalue weighted by Gasteiger charge is -2.18. The van der Waals surface area contributed by atoms with Crippen molar-refractivity contribution in [1.82, 2.24) is 10.3 Å². The van der Waals surface area contributed by atoms with Crippen LogP contribution in [0.15, 0.2) is 35.8 Å². The van der Waals surface area contributed by atoms with Crippen molar-refractivity contribution in [3.8, 4) is 0 Å². The predicted molar refractivity (Wildman–Crippen MR) is 82.9 cm³/mol. The highest BCUT2D eigenvalue weighted by Gasteiger charge is 2.04. The normalized spacial score (nSPS) is 10.6. The van der Waals surface area contributed by atoms with Crippen LogP contribution in [0, 0.1) is 0 Å². The Balaban J connectivity index is 1.92. The molecular formula is C15H21N3S. The number of rotatable bonds is 7. The van der Waals surface area contributed by atoms with E-state index in [4.69, 9.17) is 0 Å². The Morgan fingerprint density at radius 3 is 3.00 bits per heavy atom. The number of nitrogens with one attached hydrogen (secondary N) is 1. The van der Waals surface area contributed by atoms with Crippen molar-refractivity contribution in [2.45, 2.75) is 19.9 Å². The molecule has 0 radical (unpaired) electrons. The number of pyridine rings is 1. The van der Waals surface area contributed by atoms with E-state index in [-0.39, 0.29) is 0 Å². The molecule has 2 aromatic rings. The Morgan fingerprint density at radius 2 is 2.26 bits per heavy atom. The Kier molecular flexibility index (Phi) is 5.36. The van der Waals surface area contributed by atoms with Crippen molar-refractivity contribution in [3.63, 3.8) is 0 Å². The molecule has 2 aromatic heterocycles. The topological polar surface area (TPSA) is 28.2 Å². The molecule has 0 bridgehead atoms. The molecule has 0 amide bonds. The Labute approximate surface area is 119 Å². The van der Waals surface area contributed by atoms with Gasteiger partial charge in [0.1, 0.15) is 5.82 Å². The SMILES string of the molecule is CCNCc1ccnc(N(C)CCc2cccs2)c1. The molecule has 3 nitrogen and oxygen atoms in total. The molecule has 2 heterocycles. The first kappa shape index (κ1) is 14.0. The van der Waals surface area contributed by atoms with E-state index < -0.39 is 0 Å². The Morgan fingerprint density at radius 1 is 1.37 bits per heavy atom. The van der Waals surface area contributed by atoms with Crippen LogP contribution < -0.4 is 10.2 Å². The maximum Gasteiger partial charge on any atom is 0.128 e. The van der Waals surface area contributed by atoms with Gasteiger partial charge in [0.2, 0.25) is 0 Å².